The van der Waals surface area contributed by atoms with Gasteiger partial charge >= 0.3 is 0 Å². The number of rotatable bonds is 4. The van der Waals surface area contributed by atoms with E-state index in [1.807, 2.05) is 13.8 Å². The minimum absolute atomic E-state index is 0.0590. The van der Waals surface area contributed by atoms with Gasteiger partial charge in [0.05, 0.1) is 16.9 Å². The Bertz CT molecular complexity index is 647. The molecule has 0 unspecified atom stereocenters. The van der Waals surface area contributed by atoms with Crippen LogP contribution in [-0.2, 0) is 9.09 Å². The minimum atomic E-state index is -3.24. The largest absolute Gasteiger partial charge is 0.391 e. The van der Waals surface area contributed by atoms with Gasteiger partial charge in [-0.1, -0.05) is 6.92 Å². The summed E-state index contributed by atoms with van der Waals surface area (Å²) >= 11 is 0. The van der Waals surface area contributed by atoms with Crippen molar-refractivity contribution in [3.8, 4) is 0 Å². The highest BCUT2D eigenvalue weighted by Crippen LogP contribution is 2.75. The molecule has 0 spiro atoms. The second kappa shape index (κ2) is 6.31. The summed E-state index contributed by atoms with van der Waals surface area (Å²) in [6.07, 6.45) is 7.52. The molecule has 4 bridgehead atoms. The van der Waals surface area contributed by atoms with Crippen molar-refractivity contribution < 1.29 is 14.2 Å². The molecule has 0 aromatic carbocycles. The molecule has 4 nitrogen and oxygen atoms in total. The molecule has 28 heavy (non-hydrogen) atoms. The summed E-state index contributed by atoms with van der Waals surface area (Å²) in [5, 5.41) is 11.3. The number of hydrogen-bond acceptors (Lipinski definition) is 3. The lowest BCUT2D eigenvalue weighted by Crippen LogP contribution is -2.59. The lowest BCUT2D eigenvalue weighted by Gasteiger charge is -2.61. The van der Waals surface area contributed by atoms with Gasteiger partial charge in [-0.2, -0.15) is 0 Å². The van der Waals surface area contributed by atoms with Gasteiger partial charge in [-0.3, -0.25) is 4.57 Å². The van der Waals surface area contributed by atoms with Crippen LogP contribution in [0.2, 0.25) is 0 Å². The van der Waals surface area contributed by atoms with Crippen LogP contribution >= 0.6 is 7.52 Å². The summed E-state index contributed by atoms with van der Waals surface area (Å²) < 4.78 is 23.3. The van der Waals surface area contributed by atoms with Crippen LogP contribution in [-0.4, -0.2) is 38.7 Å². The highest BCUT2D eigenvalue weighted by molar-refractivity contribution is 7.58. The molecule has 5 rings (SSSR count). The van der Waals surface area contributed by atoms with Gasteiger partial charge in [0.15, 0.2) is 0 Å². The van der Waals surface area contributed by atoms with E-state index in [0.717, 1.165) is 37.0 Å². The molecular formula is C23H42NO3P. The SMILES string of the molecule is CC[C@@](C)([C@@H](O)C12CC3CC(CC(C3)C1)C2)[P@@]1(=O)OC(C)(C)CN1C(C)(C)C. The molecule has 162 valence electrons. The molecule has 0 aromatic heterocycles. The second-order valence-corrected chi connectivity index (χ2v) is 15.2. The topological polar surface area (TPSA) is 49.8 Å². The lowest BCUT2D eigenvalue weighted by atomic mass is 9.47. The Morgan fingerprint density at radius 2 is 1.54 bits per heavy atom. The van der Waals surface area contributed by atoms with Gasteiger partial charge < -0.3 is 9.63 Å². The highest BCUT2D eigenvalue weighted by atomic mass is 31.2. The van der Waals surface area contributed by atoms with Crippen LogP contribution in [0.5, 0.6) is 0 Å². The zero-order valence-electron chi connectivity index (χ0n) is 19.1. The van der Waals surface area contributed by atoms with Crippen molar-refractivity contribution in [2.45, 2.75) is 116 Å². The Balaban J connectivity index is 1.74. The average molecular weight is 412 g/mol. The van der Waals surface area contributed by atoms with E-state index in [2.05, 4.69) is 39.3 Å². The highest BCUT2D eigenvalue weighted by Gasteiger charge is 2.67. The van der Waals surface area contributed by atoms with Gasteiger partial charge in [0.2, 0.25) is 0 Å². The van der Waals surface area contributed by atoms with Crippen molar-refractivity contribution in [3.63, 3.8) is 0 Å². The quantitative estimate of drug-likeness (QED) is 0.591. The van der Waals surface area contributed by atoms with Gasteiger partial charge in [0.1, 0.15) is 0 Å². The maximum Gasteiger partial charge on any atom is 0.281 e. The van der Waals surface area contributed by atoms with Gasteiger partial charge in [0.25, 0.3) is 7.52 Å². The van der Waals surface area contributed by atoms with E-state index in [4.69, 9.17) is 4.52 Å². The Kier molecular flexibility index (Phi) is 4.81. The summed E-state index contributed by atoms with van der Waals surface area (Å²) in [6.45, 7) is 15.3. The first kappa shape index (κ1) is 21.3. The summed E-state index contributed by atoms with van der Waals surface area (Å²) in [6, 6.07) is 0. The summed E-state index contributed by atoms with van der Waals surface area (Å²) in [7, 11) is -3.24. The van der Waals surface area contributed by atoms with E-state index in [1.54, 1.807) is 0 Å². The number of hydrogen-bond donors (Lipinski definition) is 1. The molecular weight excluding hydrogens is 369 g/mol. The van der Waals surface area contributed by atoms with Gasteiger partial charge in [-0.15, -0.1) is 0 Å². The molecule has 1 N–H and O–H groups in total. The van der Waals surface area contributed by atoms with Gasteiger partial charge in [0, 0.05) is 12.1 Å². The minimum Gasteiger partial charge on any atom is -0.391 e. The molecule has 1 aliphatic heterocycles. The van der Waals surface area contributed by atoms with Crippen LogP contribution in [0.4, 0.5) is 0 Å². The molecule has 0 aromatic rings. The molecule has 0 amide bonds. The molecule has 3 atom stereocenters. The van der Waals surface area contributed by atoms with Crippen molar-refractivity contribution in [2.24, 2.45) is 23.2 Å². The van der Waals surface area contributed by atoms with E-state index in [1.165, 1.54) is 19.3 Å². The Morgan fingerprint density at radius 3 is 1.93 bits per heavy atom. The monoisotopic (exact) mass is 411 g/mol. The number of aliphatic hydroxyl groups is 1. The van der Waals surface area contributed by atoms with Crippen LogP contribution < -0.4 is 0 Å². The first-order valence-electron chi connectivity index (χ1n) is 11.5. The summed E-state index contributed by atoms with van der Waals surface area (Å²) in [5.74, 6) is 2.30. The average Bonchev–Trinajstić information content (AvgIpc) is 2.83. The van der Waals surface area contributed by atoms with Crippen LogP contribution in [0.3, 0.4) is 0 Å². The van der Waals surface area contributed by atoms with E-state index in [9.17, 15) is 9.67 Å². The molecule has 5 heteroatoms. The fraction of sp³-hybridized carbons (Fsp3) is 1.00. The Labute approximate surface area is 172 Å². The third kappa shape index (κ3) is 3.00. The van der Waals surface area contributed by atoms with Crippen molar-refractivity contribution >= 4 is 7.52 Å². The summed E-state index contributed by atoms with van der Waals surface area (Å²) in [4.78, 5) is 0. The van der Waals surface area contributed by atoms with Crippen molar-refractivity contribution in [1.29, 1.82) is 0 Å². The fourth-order valence-electron chi connectivity index (χ4n) is 7.60. The Morgan fingerprint density at radius 1 is 1.07 bits per heavy atom. The normalized spacial score (nSPS) is 45.9. The maximum atomic E-state index is 14.7. The maximum absolute atomic E-state index is 14.7. The van der Waals surface area contributed by atoms with Crippen molar-refractivity contribution in [3.05, 3.63) is 0 Å². The number of aliphatic hydroxyl groups excluding tert-OH is 1. The standard InChI is InChI=1S/C23H42NO3P/c1-8-22(7,28(26)24(20(2,3)4)15-21(5,6)27-28)19(25)23-12-16-9-17(13-23)11-18(10-16)14-23/h16-19,25H,8-15H2,1-7H3/t16?,17?,18?,19-,22+,23?,28-/m1/s1. The van der Waals surface area contributed by atoms with Gasteiger partial charge in [-0.05, 0) is 110 Å². The first-order valence-corrected chi connectivity index (χ1v) is 13.1. The van der Waals surface area contributed by atoms with Crippen LogP contribution in [0.25, 0.3) is 0 Å². The molecule has 5 fully saturated rings. The van der Waals surface area contributed by atoms with E-state index in [-0.39, 0.29) is 11.0 Å². The second-order valence-electron chi connectivity index (χ2n) is 12.5. The molecule has 5 aliphatic rings. The molecule has 4 saturated carbocycles. The third-order valence-electron chi connectivity index (χ3n) is 8.61. The molecule has 1 heterocycles. The van der Waals surface area contributed by atoms with Crippen molar-refractivity contribution in [2.75, 3.05) is 6.54 Å². The van der Waals surface area contributed by atoms with Crippen molar-refractivity contribution in [1.82, 2.24) is 4.67 Å². The van der Waals surface area contributed by atoms with Gasteiger partial charge in [-0.25, -0.2) is 4.67 Å². The third-order valence-corrected chi connectivity index (χ3v) is 12.6. The molecule has 1 saturated heterocycles. The van der Waals surface area contributed by atoms with Crippen LogP contribution in [0.15, 0.2) is 0 Å². The predicted molar refractivity (Wildman–Crippen MR) is 115 cm³/mol. The smallest absolute Gasteiger partial charge is 0.281 e. The van der Waals surface area contributed by atoms with E-state index < -0.39 is 24.4 Å². The van der Waals surface area contributed by atoms with Crippen LogP contribution in [0.1, 0.15) is 93.4 Å². The fourth-order valence-corrected chi connectivity index (χ4v) is 11.5. The zero-order valence-corrected chi connectivity index (χ0v) is 20.0. The van der Waals surface area contributed by atoms with Crippen LogP contribution in [0, 0.1) is 23.2 Å². The first-order chi connectivity index (χ1) is 12.7. The lowest BCUT2D eigenvalue weighted by molar-refractivity contribution is -0.133. The Hall–Kier alpha value is 0.110. The zero-order chi connectivity index (χ0) is 20.8. The summed E-state index contributed by atoms with van der Waals surface area (Å²) in [5.41, 5.74) is -0.780. The molecule has 0 radical (unpaired) electrons. The predicted octanol–water partition coefficient (Wildman–Crippen LogP) is 5.83. The van der Waals surface area contributed by atoms with E-state index in [0.29, 0.717) is 13.0 Å². The molecule has 4 aliphatic carbocycles. The van der Waals surface area contributed by atoms with E-state index >= 15 is 0 Å². The number of nitrogens with zero attached hydrogens (tertiary/aromatic N) is 1.